The van der Waals surface area contributed by atoms with E-state index < -0.39 is 10.0 Å². The second-order valence-corrected chi connectivity index (χ2v) is 6.86. The summed E-state index contributed by atoms with van der Waals surface area (Å²) in [7, 11) is -2.12. The molecule has 0 saturated carbocycles. The lowest BCUT2D eigenvalue weighted by molar-refractivity contribution is 0.0884. The van der Waals surface area contributed by atoms with Gasteiger partial charge in [0, 0.05) is 25.1 Å². The molecule has 0 aromatic heterocycles. The molecule has 6 nitrogen and oxygen atoms in total. The highest BCUT2D eigenvalue weighted by atomic mass is 32.2. The molecular weight excluding hydrogens is 292 g/mol. The van der Waals surface area contributed by atoms with Crippen LogP contribution in [0.5, 0.6) is 5.75 Å². The molecule has 0 amide bonds. The Morgan fingerprint density at radius 3 is 2.86 bits per heavy atom. The first-order valence-corrected chi connectivity index (χ1v) is 8.51. The van der Waals surface area contributed by atoms with Crippen LogP contribution in [0.1, 0.15) is 19.8 Å². The number of anilines is 1. The fourth-order valence-electron chi connectivity index (χ4n) is 2.57. The summed E-state index contributed by atoms with van der Waals surface area (Å²) in [5.74, 6) is 0.742. The quantitative estimate of drug-likeness (QED) is 0.774. The van der Waals surface area contributed by atoms with Gasteiger partial charge in [0.25, 0.3) is 0 Å². The van der Waals surface area contributed by atoms with Crippen molar-refractivity contribution in [2.75, 3.05) is 26.0 Å². The lowest BCUT2D eigenvalue weighted by atomic mass is 10.0. The number of nitrogens with two attached hydrogens (primary N) is 1. The zero-order chi connectivity index (χ0) is 15.5. The number of hydrogen-bond donors (Lipinski definition) is 2. The van der Waals surface area contributed by atoms with Gasteiger partial charge in [0.2, 0.25) is 10.0 Å². The van der Waals surface area contributed by atoms with E-state index >= 15 is 0 Å². The zero-order valence-corrected chi connectivity index (χ0v) is 13.2. The summed E-state index contributed by atoms with van der Waals surface area (Å²) in [6.45, 7) is 3.10. The maximum absolute atomic E-state index is 12.3. The second kappa shape index (κ2) is 6.64. The van der Waals surface area contributed by atoms with Gasteiger partial charge >= 0.3 is 0 Å². The predicted molar refractivity (Wildman–Crippen MR) is 80.7 cm³/mol. The molecule has 1 saturated heterocycles. The van der Waals surface area contributed by atoms with E-state index in [1.807, 2.05) is 6.92 Å². The summed E-state index contributed by atoms with van der Waals surface area (Å²) < 4.78 is 37.9. The molecule has 0 spiro atoms. The number of rotatable bonds is 6. The molecule has 1 aliphatic heterocycles. The van der Waals surface area contributed by atoms with Gasteiger partial charge in [0.1, 0.15) is 10.6 Å². The third kappa shape index (κ3) is 3.66. The summed E-state index contributed by atoms with van der Waals surface area (Å²) >= 11 is 0. The van der Waals surface area contributed by atoms with Crippen LogP contribution in [0, 0.1) is 5.92 Å². The van der Waals surface area contributed by atoms with Crippen LogP contribution in [0.4, 0.5) is 5.69 Å². The number of methoxy groups -OCH3 is 1. The van der Waals surface area contributed by atoms with Crippen molar-refractivity contribution in [2.24, 2.45) is 5.92 Å². The first-order chi connectivity index (χ1) is 9.97. The first kappa shape index (κ1) is 16.1. The normalized spacial score (nSPS) is 22.4. The van der Waals surface area contributed by atoms with Crippen LogP contribution in [-0.4, -0.2) is 34.8 Å². The van der Waals surface area contributed by atoms with Crippen LogP contribution in [0.3, 0.4) is 0 Å². The van der Waals surface area contributed by atoms with Gasteiger partial charge in [0.05, 0.1) is 18.9 Å². The molecule has 0 radical (unpaired) electrons. The predicted octanol–water partition coefficient (Wildman–Crippen LogP) is 1.37. The third-order valence-corrected chi connectivity index (χ3v) is 5.29. The van der Waals surface area contributed by atoms with Crippen molar-refractivity contribution in [3.8, 4) is 5.75 Å². The van der Waals surface area contributed by atoms with E-state index in [9.17, 15) is 8.42 Å². The van der Waals surface area contributed by atoms with Gasteiger partial charge in [-0.25, -0.2) is 13.1 Å². The maximum atomic E-state index is 12.3. The largest absolute Gasteiger partial charge is 0.497 e. The van der Waals surface area contributed by atoms with E-state index in [-0.39, 0.29) is 22.6 Å². The minimum absolute atomic E-state index is 0.0789. The number of sulfonamides is 1. The molecule has 1 aromatic carbocycles. The molecule has 2 rings (SSSR count). The van der Waals surface area contributed by atoms with Gasteiger partial charge in [-0.3, -0.25) is 0 Å². The van der Waals surface area contributed by atoms with Crippen LogP contribution in [0.2, 0.25) is 0 Å². The molecular formula is C14H22N2O4S. The van der Waals surface area contributed by atoms with Crippen molar-refractivity contribution in [3.05, 3.63) is 18.2 Å². The van der Waals surface area contributed by atoms with Gasteiger partial charge in [0.15, 0.2) is 0 Å². The summed E-state index contributed by atoms with van der Waals surface area (Å²) in [4.78, 5) is 0.0789. The smallest absolute Gasteiger partial charge is 0.242 e. The highest BCUT2D eigenvalue weighted by Gasteiger charge is 2.28. The molecule has 7 heteroatoms. The minimum Gasteiger partial charge on any atom is -0.497 e. The number of benzene rings is 1. The highest BCUT2D eigenvalue weighted by Crippen LogP contribution is 2.26. The molecule has 1 fully saturated rings. The molecule has 118 valence electrons. The monoisotopic (exact) mass is 314 g/mol. The van der Waals surface area contributed by atoms with E-state index in [4.69, 9.17) is 15.2 Å². The molecule has 1 aliphatic rings. The molecule has 2 atom stereocenters. The number of hydrogen-bond acceptors (Lipinski definition) is 5. The number of ether oxygens (including phenoxy) is 2. The Hall–Kier alpha value is -1.31. The lowest BCUT2D eigenvalue weighted by Crippen LogP contribution is -2.33. The fourth-order valence-corrected chi connectivity index (χ4v) is 3.78. The van der Waals surface area contributed by atoms with E-state index in [2.05, 4.69) is 4.72 Å². The van der Waals surface area contributed by atoms with Crippen molar-refractivity contribution in [1.82, 2.24) is 4.72 Å². The molecule has 2 unspecified atom stereocenters. The molecule has 1 heterocycles. The fraction of sp³-hybridized carbons (Fsp3) is 0.571. The Labute approximate surface area is 125 Å². The van der Waals surface area contributed by atoms with Crippen LogP contribution in [0.15, 0.2) is 23.1 Å². The van der Waals surface area contributed by atoms with E-state index in [1.54, 1.807) is 6.07 Å². The maximum Gasteiger partial charge on any atom is 0.242 e. The Kier molecular flexibility index (Phi) is 5.08. The van der Waals surface area contributed by atoms with E-state index in [0.29, 0.717) is 18.9 Å². The third-order valence-electron chi connectivity index (χ3n) is 3.79. The van der Waals surface area contributed by atoms with E-state index in [1.165, 1.54) is 19.2 Å². The van der Waals surface area contributed by atoms with Gasteiger partial charge in [-0.2, -0.15) is 0 Å². The SMILES string of the molecule is CCC1OCCC1CNS(=O)(=O)c1ccc(OC)cc1N. The number of nitrogen functional groups attached to an aromatic ring is 1. The highest BCUT2D eigenvalue weighted by molar-refractivity contribution is 7.89. The Morgan fingerprint density at radius 2 is 2.24 bits per heavy atom. The summed E-state index contributed by atoms with van der Waals surface area (Å²) in [6.07, 6.45) is 1.89. The number of nitrogens with one attached hydrogen (secondary N) is 1. The molecule has 0 bridgehead atoms. The zero-order valence-electron chi connectivity index (χ0n) is 12.3. The van der Waals surface area contributed by atoms with Crippen molar-refractivity contribution < 1.29 is 17.9 Å². The van der Waals surface area contributed by atoms with Crippen molar-refractivity contribution in [3.63, 3.8) is 0 Å². The average molecular weight is 314 g/mol. The minimum atomic E-state index is -3.62. The Balaban J connectivity index is 2.08. The topological polar surface area (TPSA) is 90.6 Å². The first-order valence-electron chi connectivity index (χ1n) is 7.02. The van der Waals surface area contributed by atoms with Gasteiger partial charge in [-0.15, -0.1) is 0 Å². The summed E-state index contributed by atoms with van der Waals surface area (Å²) in [5, 5.41) is 0. The Morgan fingerprint density at radius 1 is 1.48 bits per heavy atom. The van der Waals surface area contributed by atoms with Crippen molar-refractivity contribution >= 4 is 15.7 Å². The van der Waals surface area contributed by atoms with Crippen LogP contribution < -0.4 is 15.2 Å². The van der Waals surface area contributed by atoms with Crippen LogP contribution in [0.25, 0.3) is 0 Å². The van der Waals surface area contributed by atoms with Crippen molar-refractivity contribution in [2.45, 2.75) is 30.8 Å². The van der Waals surface area contributed by atoms with Crippen LogP contribution >= 0.6 is 0 Å². The van der Waals surface area contributed by atoms with Gasteiger partial charge in [-0.1, -0.05) is 6.92 Å². The van der Waals surface area contributed by atoms with Crippen LogP contribution in [-0.2, 0) is 14.8 Å². The summed E-state index contributed by atoms with van der Waals surface area (Å²) in [5.41, 5.74) is 5.97. The molecule has 0 aliphatic carbocycles. The second-order valence-electron chi connectivity index (χ2n) is 5.12. The summed E-state index contributed by atoms with van der Waals surface area (Å²) in [6, 6.07) is 4.54. The molecule has 21 heavy (non-hydrogen) atoms. The standard InChI is InChI=1S/C14H22N2O4S/c1-3-13-10(6-7-20-13)9-16-21(17,18)14-5-4-11(19-2)8-12(14)15/h4-5,8,10,13,16H,3,6-7,9,15H2,1-2H3. The average Bonchev–Trinajstić information content (AvgIpc) is 2.92. The van der Waals surface area contributed by atoms with Crippen molar-refractivity contribution in [1.29, 1.82) is 0 Å². The lowest BCUT2D eigenvalue weighted by Gasteiger charge is -2.17. The molecule has 3 N–H and O–H groups in total. The molecule has 1 aromatic rings. The van der Waals surface area contributed by atoms with E-state index in [0.717, 1.165) is 12.8 Å². The van der Waals surface area contributed by atoms with Gasteiger partial charge < -0.3 is 15.2 Å². The Bertz CT molecular complexity index is 589. The van der Waals surface area contributed by atoms with Gasteiger partial charge in [-0.05, 0) is 25.0 Å².